The molecule has 1 aromatic carbocycles. The van der Waals surface area contributed by atoms with Gasteiger partial charge in [0.2, 0.25) is 5.82 Å². The Hall–Kier alpha value is -1.86. The largest absolute Gasteiger partial charge is 0.308 e. The van der Waals surface area contributed by atoms with Gasteiger partial charge in [-0.2, -0.15) is 4.39 Å². The minimum absolute atomic E-state index is 0.0812. The van der Waals surface area contributed by atoms with Crippen molar-refractivity contribution in [3.63, 3.8) is 0 Å². The van der Waals surface area contributed by atoms with Crippen LogP contribution in [0.25, 0.3) is 0 Å². The van der Waals surface area contributed by atoms with Crippen LogP contribution in [0.2, 0.25) is 0 Å². The number of nitro benzene ring substituents is 1. The van der Waals surface area contributed by atoms with E-state index in [2.05, 4.69) is 12.2 Å². The molecule has 1 aromatic heterocycles. The van der Waals surface area contributed by atoms with Gasteiger partial charge in [-0.25, -0.2) is 4.39 Å². The molecule has 0 spiro atoms. The number of halogens is 2. The molecule has 21 heavy (non-hydrogen) atoms. The molecule has 0 aliphatic carbocycles. The van der Waals surface area contributed by atoms with Crippen molar-refractivity contribution in [3.05, 3.63) is 61.3 Å². The van der Waals surface area contributed by atoms with Gasteiger partial charge in [0.05, 0.1) is 4.92 Å². The maximum Gasteiger partial charge on any atom is 0.305 e. The molecule has 0 radical (unpaired) electrons. The van der Waals surface area contributed by atoms with Gasteiger partial charge in [-0.15, -0.1) is 11.3 Å². The lowest BCUT2D eigenvalue weighted by Gasteiger charge is -2.07. The fourth-order valence-electron chi connectivity index (χ4n) is 2.00. The summed E-state index contributed by atoms with van der Waals surface area (Å²) in [4.78, 5) is 10.9. The Morgan fingerprint density at radius 2 is 2.00 bits per heavy atom. The van der Waals surface area contributed by atoms with Gasteiger partial charge in [0, 0.05) is 35.7 Å². The Kier molecular flexibility index (Phi) is 4.98. The van der Waals surface area contributed by atoms with Gasteiger partial charge in [0.1, 0.15) is 5.82 Å². The molecule has 0 unspecified atom stereocenters. The average Bonchev–Trinajstić information content (AvgIpc) is 2.88. The van der Waals surface area contributed by atoms with E-state index in [0.717, 1.165) is 17.4 Å². The first-order valence-corrected chi connectivity index (χ1v) is 7.29. The number of aryl methyl sites for hydroxylation is 1. The number of nitro groups is 1. The predicted octanol–water partition coefficient (Wildman–Crippen LogP) is 3.79. The summed E-state index contributed by atoms with van der Waals surface area (Å²) in [5.41, 5.74) is 0.592. The van der Waals surface area contributed by atoms with E-state index in [1.807, 2.05) is 11.4 Å². The summed E-state index contributed by atoms with van der Waals surface area (Å²) in [6.07, 6.45) is 0.914. The minimum atomic E-state index is -1.16. The van der Waals surface area contributed by atoms with E-state index < -0.39 is 22.2 Å². The van der Waals surface area contributed by atoms with Crippen LogP contribution in [0.5, 0.6) is 0 Å². The normalized spacial score (nSPS) is 10.8. The van der Waals surface area contributed by atoms with Crippen LogP contribution in [-0.4, -0.2) is 4.92 Å². The van der Waals surface area contributed by atoms with E-state index in [0.29, 0.717) is 12.6 Å². The van der Waals surface area contributed by atoms with E-state index in [4.69, 9.17) is 0 Å². The van der Waals surface area contributed by atoms with Crippen molar-refractivity contribution >= 4 is 17.0 Å². The molecule has 0 aliphatic heterocycles. The van der Waals surface area contributed by atoms with Crippen LogP contribution >= 0.6 is 11.3 Å². The third-order valence-corrected chi connectivity index (χ3v) is 4.10. The van der Waals surface area contributed by atoms with Gasteiger partial charge in [-0.3, -0.25) is 10.1 Å². The average molecular weight is 312 g/mol. The molecule has 4 nitrogen and oxygen atoms in total. The van der Waals surface area contributed by atoms with Crippen LogP contribution in [0.4, 0.5) is 14.5 Å². The number of nitrogens with zero attached hydrogens (tertiary/aromatic N) is 1. The zero-order chi connectivity index (χ0) is 15.4. The fourth-order valence-corrected chi connectivity index (χ4v) is 2.95. The Balaban J connectivity index is 2.06. The Morgan fingerprint density at radius 3 is 2.67 bits per heavy atom. The molecule has 2 aromatic rings. The topological polar surface area (TPSA) is 55.2 Å². The SMILES string of the molecule is CCc1ccsc1CNCc1cc([N+](=O)[O-])c(F)cc1F. The molecule has 0 saturated carbocycles. The van der Waals surface area contributed by atoms with Gasteiger partial charge in [-0.1, -0.05) is 6.92 Å². The van der Waals surface area contributed by atoms with Crippen molar-refractivity contribution in [1.29, 1.82) is 0 Å². The summed E-state index contributed by atoms with van der Waals surface area (Å²) >= 11 is 1.60. The fraction of sp³-hybridized carbons (Fsp3) is 0.286. The highest BCUT2D eigenvalue weighted by Crippen LogP contribution is 2.22. The lowest BCUT2D eigenvalue weighted by Crippen LogP contribution is -2.14. The molecule has 0 bridgehead atoms. The zero-order valence-electron chi connectivity index (χ0n) is 11.4. The maximum atomic E-state index is 13.6. The first-order valence-electron chi connectivity index (χ1n) is 6.41. The number of nitrogens with one attached hydrogen (secondary N) is 1. The molecule has 0 aliphatic rings. The van der Waals surface area contributed by atoms with Crippen LogP contribution in [-0.2, 0) is 19.5 Å². The predicted molar refractivity (Wildman–Crippen MR) is 77.3 cm³/mol. The second-order valence-corrected chi connectivity index (χ2v) is 5.48. The van der Waals surface area contributed by atoms with E-state index in [1.165, 1.54) is 5.56 Å². The maximum absolute atomic E-state index is 13.6. The minimum Gasteiger partial charge on any atom is -0.308 e. The van der Waals surface area contributed by atoms with Crippen LogP contribution in [0.15, 0.2) is 23.6 Å². The van der Waals surface area contributed by atoms with Crippen LogP contribution in [0.3, 0.4) is 0 Å². The third kappa shape index (κ3) is 3.62. The lowest BCUT2D eigenvalue weighted by atomic mass is 10.1. The summed E-state index contributed by atoms with van der Waals surface area (Å²) in [5, 5.41) is 15.7. The van der Waals surface area contributed by atoms with Crippen molar-refractivity contribution in [2.45, 2.75) is 26.4 Å². The molecule has 112 valence electrons. The molecule has 0 fully saturated rings. The number of benzene rings is 1. The zero-order valence-corrected chi connectivity index (χ0v) is 12.2. The Labute approximate surface area is 124 Å². The van der Waals surface area contributed by atoms with Gasteiger partial charge >= 0.3 is 5.69 Å². The summed E-state index contributed by atoms with van der Waals surface area (Å²) in [7, 11) is 0. The number of hydrogen-bond donors (Lipinski definition) is 1. The molecule has 0 saturated heterocycles. The summed E-state index contributed by atoms with van der Waals surface area (Å²) in [6, 6.07) is 3.52. The highest BCUT2D eigenvalue weighted by atomic mass is 32.1. The number of hydrogen-bond acceptors (Lipinski definition) is 4. The van der Waals surface area contributed by atoms with Gasteiger partial charge < -0.3 is 5.32 Å². The van der Waals surface area contributed by atoms with Crippen LogP contribution < -0.4 is 5.32 Å². The van der Waals surface area contributed by atoms with E-state index in [9.17, 15) is 18.9 Å². The molecule has 2 rings (SSSR count). The molecule has 0 atom stereocenters. The second kappa shape index (κ2) is 6.73. The van der Waals surface area contributed by atoms with Crippen molar-refractivity contribution in [2.75, 3.05) is 0 Å². The highest BCUT2D eigenvalue weighted by molar-refractivity contribution is 7.10. The third-order valence-electron chi connectivity index (χ3n) is 3.13. The van der Waals surface area contributed by atoms with E-state index in [1.54, 1.807) is 11.3 Å². The summed E-state index contributed by atoms with van der Waals surface area (Å²) in [6.45, 7) is 2.70. The first kappa shape index (κ1) is 15.5. The summed E-state index contributed by atoms with van der Waals surface area (Å²) < 4.78 is 26.8. The standard InChI is InChI=1S/C14H14F2N2O2S/c1-2-9-3-4-21-14(9)8-17-7-10-5-13(18(19)20)12(16)6-11(10)15/h3-6,17H,2,7-8H2,1H3. The monoisotopic (exact) mass is 312 g/mol. The van der Waals surface area contributed by atoms with E-state index >= 15 is 0 Å². The molecule has 0 amide bonds. The van der Waals surface area contributed by atoms with Crippen molar-refractivity contribution in [2.24, 2.45) is 0 Å². The number of thiophene rings is 1. The van der Waals surface area contributed by atoms with Crippen molar-refractivity contribution < 1.29 is 13.7 Å². The second-order valence-electron chi connectivity index (χ2n) is 4.48. The molecule has 1 N–H and O–H groups in total. The summed E-state index contributed by atoms with van der Waals surface area (Å²) in [5.74, 6) is -1.94. The lowest BCUT2D eigenvalue weighted by molar-refractivity contribution is -0.387. The van der Waals surface area contributed by atoms with Gasteiger partial charge in [-0.05, 0) is 23.4 Å². The first-order chi connectivity index (χ1) is 10.0. The molecule has 7 heteroatoms. The highest BCUT2D eigenvalue weighted by Gasteiger charge is 2.18. The van der Waals surface area contributed by atoms with Crippen LogP contribution in [0, 0.1) is 21.7 Å². The van der Waals surface area contributed by atoms with E-state index in [-0.39, 0.29) is 12.1 Å². The Bertz CT molecular complexity index is 658. The molecule has 1 heterocycles. The molecular weight excluding hydrogens is 298 g/mol. The van der Waals surface area contributed by atoms with Gasteiger partial charge in [0.15, 0.2) is 0 Å². The Morgan fingerprint density at radius 1 is 1.24 bits per heavy atom. The van der Waals surface area contributed by atoms with Crippen LogP contribution in [0.1, 0.15) is 22.9 Å². The quantitative estimate of drug-likeness (QED) is 0.652. The van der Waals surface area contributed by atoms with Gasteiger partial charge in [0.25, 0.3) is 0 Å². The molecular formula is C14H14F2N2O2S. The number of rotatable bonds is 6. The van der Waals surface area contributed by atoms with Crippen molar-refractivity contribution in [1.82, 2.24) is 5.32 Å². The van der Waals surface area contributed by atoms with Crippen molar-refractivity contribution in [3.8, 4) is 0 Å². The smallest absolute Gasteiger partial charge is 0.305 e.